The quantitative estimate of drug-likeness (QED) is 0.910. The third kappa shape index (κ3) is 2.89. The zero-order valence-electron chi connectivity index (χ0n) is 9.82. The highest BCUT2D eigenvalue weighted by Gasteiger charge is 2.07. The summed E-state index contributed by atoms with van der Waals surface area (Å²) in [5.74, 6) is -0.0727. The molecule has 0 bridgehead atoms. The van der Waals surface area contributed by atoms with Gasteiger partial charge in [0.2, 0.25) is 5.91 Å². The van der Waals surface area contributed by atoms with Crippen LogP contribution in [0, 0.1) is 0 Å². The van der Waals surface area contributed by atoms with Crippen LogP contribution in [0.3, 0.4) is 0 Å². The first-order valence-corrected chi connectivity index (χ1v) is 6.59. The summed E-state index contributed by atoms with van der Waals surface area (Å²) in [5, 5.41) is 13.7. The number of nitrogens with one attached hydrogen (secondary N) is 1. The van der Waals surface area contributed by atoms with Gasteiger partial charge in [-0.25, -0.2) is 0 Å². The summed E-state index contributed by atoms with van der Waals surface area (Å²) in [6, 6.07) is 11.7. The molecule has 0 saturated heterocycles. The Morgan fingerprint density at radius 1 is 1.17 bits per heavy atom. The fourth-order valence-electron chi connectivity index (χ4n) is 1.82. The minimum Gasteiger partial charge on any atom is -0.396 e. The zero-order chi connectivity index (χ0) is 13.0. The van der Waals surface area contributed by atoms with E-state index >= 15 is 0 Å². The van der Waals surface area contributed by atoms with Gasteiger partial charge >= 0.3 is 0 Å². The highest BCUT2D eigenvalue weighted by atomic mass is 79.9. The van der Waals surface area contributed by atoms with Crippen molar-refractivity contribution >= 4 is 38.3 Å². The topological polar surface area (TPSA) is 49.3 Å². The van der Waals surface area contributed by atoms with Crippen LogP contribution in [-0.4, -0.2) is 17.6 Å². The molecule has 4 heteroatoms. The van der Waals surface area contributed by atoms with Crippen molar-refractivity contribution in [2.45, 2.75) is 12.8 Å². The first-order chi connectivity index (χ1) is 8.72. The normalized spacial score (nSPS) is 10.6. The highest BCUT2D eigenvalue weighted by Crippen LogP contribution is 2.29. The van der Waals surface area contributed by atoms with Crippen LogP contribution in [0.15, 0.2) is 40.9 Å². The maximum Gasteiger partial charge on any atom is 0.224 e. The van der Waals surface area contributed by atoms with Crippen LogP contribution in [0.4, 0.5) is 5.69 Å². The molecular formula is C14H14BrNO2. The Labute approximate surface area is 114 Å². The molecule has 0 unspecified atom stereocenters. The largest absolute Gasteiger partial charge is 0.396 e. The number of carbonyl (C=O) groups is 1. The van der Waals surface area contributed by atoms with E-state index in [1.54, 1.807) is 0 Å². The van der Waals surface area contributed by atoms with Gasteiger partial charge in [0.1, 0.15) is 0 Å². The van der Waals surface area contributed by atoms with E-state index in [-0.39, 0.29) is 12.5 Å². The second-order valence-corrected chi connectivity index (χ2v) is 4.87. The maximum absolute atomic E-state index is 11.7. The molecule has 0 aromatic heterocycles. The lowest BCUT2D eigenvalue weighted by molar-refractivity contribution is -0.116. The fraction of sp³-hybridized carbons (Fsp3) is 0.214. The van der Waals surface area contributed by atoms with Gasteiger partial charge in [0.15, 0.2) is 0 Å². The number of amides is 1. The molecule has 18 heavy (non-hydrogen) atoms. The predicted molar refractivity (Wildman–Crippen MR) is 76.6 cm³/mol. The number of halogens is 1. The molecule has 0 aliphatic rings. The second kappa shape index (κ2) is 5.98. The van der Waals surface area contributed by atoms with Crippen molar-refractivity contribution in [2.24, 2.45) is 0 Å². The summed E-state index contributed by atoms with van der Waals surface area (Å²) < 4.78 is 1.01. The van der Waals surface area contributed by atoms with Gasteiger partial charge in [0.05, 0.1) is 0 Å². The van der Waals surface area contributed by atoms with Crippen LogP contribution in [0.2, 0.25) is 0 Å². The molecule has 2 rings (SSSR count). The summed E-state index contributed by atoms with van der Waals surface area (Å²) in [7, 11) is 0. The molecule has 0 radical (unpaired) electrons. The molecule has 94 valence electrons. The summed E-state index contributed by atoms with van der Waals surface area (Å²) in [4.78, 5) is 11.7. The van der Waals surface area contributed by atoms with Crippen molar-refractivity contribution in [2.75, 3.05) is 11.9 Å². The van der Waals surface area contributed by atoms with Crippen molar-refractivity contribution in [3.63, 3.8) is 0 Å². The van der Waals surface area contributed by atoms with E-state index in [0.29, 0.717) is 12.8 Å². The predicted octanol–water partition coefficient (Wildman–Crippen LogP) is 3.31. The number of carbonyl (C=O) groups excluding carboxylic acids is 1. The van der Waals surface area contributed by atoms with Crippen molar-refractivity contribution in [3.05, 3.63) is 40.9 Å². The van der Waals surface area contributed by atoms with Gasteiger partial charge in [-0.2, -0.15) is 0 Å². The van der Waals surface area contributed by atoms with E-state index in [0.717, 1.165) is 20.9 Å². The lowest BCUT2D eigenvalue weighted by Gasteiger charge is -2.09. The van der Waals surface area contributed by atoms with Crippen LogP contribution in [0.25, 0.3) is 10.8 Å². The van der Waals surface area contributed by atoms with Gasteiger partial charge in [0, 0.05) is 28.6 Å². The maximum atomic E-state index is 11.7. The van der Waals surface area contributed by atoms with Crippen molar-refractivity contribution < 1.29 is 9.90 Å². The number of benzene rings is 2. The number of hydrogen-bond acceptors (Lipinski definition) is 2. The molecule has 0 heterocycles. The summed E-state index contributed by atoms with van der Waals surface area (Å²) in [6.07, 6.45) is 0.821. The summed E-state index contributed by atoms with van der Waals surface area (Å²) >= 11 is 3.49. The van der Waals surface area contributed by atoms with Gasteiger partial charge in [-0.1, -0.05) is 40.2 Å². The first-order valence-electron chi connectivity index (χ1n) is 5.80. The molecule has 0 fully saturated rings. The van der Waals surface area contributed by atoms with Crippen LogP contribution >= 0.6 is 15.9 Å². The third-order valence-electron chi connectivity index (χ3n) is 2.71. The van der Waals surface area contributed by atoms with Gasteiger partial charge in [-0.3, -0.25) is 4.79 Å². The molecule has 2 N–H and O–H groups in total. The van der Waals surface area contributed by atoms with E-state index in [1.165, 1.54) is 0 Å². The fourth-order valence-corrected chi connectivity index (χ4v) is 2.30. The second-order valence-electron chi connectivity index (χ2n) is 4.02. The number of hydrogen-bond donors (Lipinski definition) is 2. The molecule has 0 aliphatic carbocycles. The average Bonchev–Trinajstić information content (AvgIpc) is 2.40. The van der Waals surface area contributed by atoms with Crippen molar-refractivity contribution in [3.8, 4) is 0 Å². The third-order valence-corrected chi connectivity index (χ3v) is 3.40. The number of anilines is 1. The molecule has 1 amide bonds. The Bertz CT molecular complexity index is 569. The van der Waals surface area contributed by atoms with Crippen LogP contribution < -0.4 is 5.32 Å². The summed E-state index contributed by atoms with van der Waals surface area (Å²) in [5.41, 5.74) is 0.803. The minimum atomic E-state index is -0.0727. The van der Waals surface area contributed by atoms with Crippen molar-refractivity contribution in [1.82, 2.24) is 0 Å². The lowest BCUT2D eigenvalue weighted by Crippen LogP contribution is -2.12. The number of rotatable bonds is 4. The zero-order valence-corrected chi connectivity index (χ0v) is 11.4. The molecule has 0 atom stereocenters. The lowest BCUT2D eigenvalue weighted by atomic mass is 10.1. The van der Waals surface area contributed by atoms with E-state index in [1.807, 2.05) is 36.4 Å². The van der Waals surface area contributed by atoms with Crippen LogP contribution in [-0.2, 0) is 4.79 Å². The molecule has 3 nitrogen and oxygen atoms in total. The van der Waals surface area contributed by atoms with E-state index in [2.05, 4.69) is 21.2 Å². The Hall–Kier alpha value is -1.39. The molecule has 0 aliphatic heterocycles. The number of fused-ring (bicyclic) bond motifs is 1. The minimum absolute atomic E-state index is 0.0362. The Balaban J connectivity index is 2.29. The monoisotopic (exact) mass is 307 g/mol. The summed E-state index contributed by atoms with van der Waals surface area (Å²) in [6.45, 7) is 0.0362. The van der Waals surface area contributed by atoms with Gasteiger partial charge in [-0.05, 0) is 23.9 Å². The molecular weight excluding hydrogens is 294 g/mol. The smallest absolute Gasteiger partial charge is 0.224 e. The molecule has 0 saturated carbocycles. The SMILES string of the molecule is O=C(CCCO)Nc1ccc(Br)c2ccccc12. The van der Waals surface area contributed by atoms with Crippen LogP contribution in [0.1, 0.15) is 12.8 Å². The van der Waals surface area contributed by atoms with Crippen LogP contribution in [0.5, 0.6) is 0 Å². The Kier molecular flexibility index (Phi) is 4.33. The first kappa shape index (κ1) is 13.1. The molecule has 2 aromatic rings. The standard InChI is InChI=1S/C14H14BrNO2/c15-12-7-8-13(16-14(18)6-3-9-17)11-5-2-1-4-10(11)12/h1-2,4-5,7-8,17H,3,6,9H2,(H,16,18). The molecule has 2 aromatic carbocycles. The highest BCUT2D eigenvalue weighted by molar-refractivity contribution is 9.10. The average molecular weight is 308 g/mol. The van der Waals surface area contributed by atoms with Gasteiger partial charge in [0.25, 0.3) is 0 Å². The number of aliphatic hydroxyl groups is 1. The molecule has 0 spiro atoms. The van der Waals surface area contributed by atoms with Gasteiger partial charge < -0.3 is 10.4 Å². The van der Waals surface area contributed by atoms with E-state index in [4.69, 9.17) is 5.11 Å². The van der Waals surface area contributed by atoms with E-state index in [9.17, 15) is 4.79 Å². The Morgan fingerprint density at radius 3 is 2.61 bits per heavy atom. The van der Waals surface area contributed by atoms with E-state index < -0.39 is 0 Å². The number of aliphatic hydroxyl groups excluding tert-OH is 1. The van der Waals surface area contributed by atoms with Crippen molar-refractivity contribution in [1.29, 1.82) is 0 Å². The van der Waals surface area contributed by atoms with Gasteiger partial charge in [-0.15, -0.1) is 0 Å². The Morgan fingerprint density at radius 2 is 1.89 bits per heavy atom.